The first-order chi connectivity index (χ1) is 9.29. The average molecular weight is 358 g/mol. The fourth-order valence-corrected chi connectivity index (χ4v) is 5.17. The van der Waals surface area contributed by atoms with Gasteiger partial charge in [-0.25, -0.2) is 0 Å². The predicted octanol–water partition coefficient (Wildman–Crippen LogP) is 4.10. The summed E-state index contributed by atoms with van der Waals surface area (Å²) in [6.45, 7) is 6.81. The number of hydrogen-bond donors (Lipinski definition) is 1. The van der Waals surface area contributed by atoms with Crippen molar-refractivity contribution in [2.24, 2.45) is 17.1 Å². The first-order valence-corrected chi connectivity index (χ1v) is 9.21. The smallest absolute Gasteiger partial charge is 0.0577 e. The van der Waals surface area contributed by atoms with Crippen LogP contribution in [0.5, 0.6) is 0 Å². The molecule has 0 aromatic heterocycles. The lowest BCUT2D eigenvalue weighted by molar-refractivity contribution is 0.173. The van der Waals surface area contributed by atoms with Gasteiger partial charge in [0.1, 0.15) is 0 Å². The van der Waals surface area contributed by atoms with Crippen molar-refractivity contribution in [1.82, 2.24) is 0 Å². The quantitative estimate of drug-likeness (QED) is 0.865. The topological polar surface area (TPSA) is 43.1 Å². The second-order valence-corrected chi connectivity index (χ2v) is 9.42. The molecule has 4 atom stereocenters. The van der Waals surface area contributed by atoms with Crippen LogP contribution >= 0.6 is 15.9 Å². The fraction of sp³-hybridized carbons (Fsp3) is 0.625. The highest BCUT2D eigenvalue weighted by atomic mass is 79.9. The van der Waals surface area contributed by atoms with E-state index in [0.717, 1.165) is 28.6 Å². The molecule has 112 valence electrons. The first kappa shape index (κ1) is 16.2. The van der Waals surface area contributed by atoms with Gasteiger partial charge in [0.2, 0.25) is 0 Å². The minimum Gasteiger partial charge on any atom is -0.327 e. The van der Waals surface area contributed by atoms with Gasteiger partial charge in [-0.2, -0.15) is 0 Å². The first-order valence-electron chi connectivity index (χ1n) is 7.21. The van der Waals surface area contributed by atoms with Crippen molar-refractivity contribution in [3.63, 3.8) is 0 Å². The van der Waals surface area contributed by atoms with E-state index in [1.54, 1.807) is 0 Å². The monoisotopic (exact) mass is 357 g/mol. The molecule has 1 saturated carbocycles. The second kappa shape index (κ2) is 6.29. The van der Waals surface area contributed by atoms with Crippen LogP contribution in [0, 0.1) is 11.3 Å². The van der Waals surface area contributed by atoms with Crippen molar-refractivity contribution in [2.45, 2.75) is 56.2 Å². The van der Waals surface area contributed by atoms with Crippen molar-refractivity contribution in [2.75, 3.05) is 0 Å². The maximum atomic E-state index is 12.8. The molecule has 1 aliphatic rings. The standard InChI is InChI=1S/C16H24BrNOS/c1-16(2,3)11-7-8-14(18)15(9-11)20(19)13-6-4-5-12(17)10-13/h4-6,10-11,14-15H,7-9,18H2,1-3H3. The lowest BCUT2D eigenvalue weighted by Crippen LogP contribution is -2.45. The summed E-state index contributed by atoms with van der Waals surface area (Å²) >= 11 is 3.45. The molecule has 2 rings (SSSR count). The highest BCUT2D eigenvalue weighted by Gasteiger charge is 2.37. The molecule has 4 heteroatoms. The third-order valence-electron chi connectivity index (χ3n) is 4.37. The van der Waals surface area contributed by atoms with Crippen LogP contribution in [0.25, 0.3) is 0 Å². The Hall–Kier alpha value is -0.190. The van der Waals surface area contributed by atoms with E-state index in [9.17, 15) is 4.21 Å². The maximum absolute atomic E-state index is 12.8. The summed E-state index contributed by atoms with van der Waals surface area (Å²) in [6.07, 6.45) is 3.09. The van der Waals surface area contributed by atoms with Crippen LogP contribution in [0.1, 0.15) is 40.0 Å². The molecule has 2 N–H and O–H groups in total. The molecule has 1 aliphatic carbocycles. The minimum atomic E-state index is -1.02. The highest BCUT2D eigenvalue weighted by molar-refractivity contribution is 9.10. The third kappa shape index (κ3) is 3.71. The van der Waals surface area contributed by atoms with Gasteiger partial charge in [0.05, 0.1) is 16.0 Å². The van der Waals surface area contributed by atoms with Crippen LogP contribution in [-0.4, -0.2) is 15.5 Å². The number of halogens is 1. The van der Waals surface area contributed by atoms with Gasteiger partial charge in [-0.15, -0.1) is 0 Å². The molecule has 1 aromatic rings. The molecule has 0 aliphatic heterocycles. The molecule has 0 amide bonds. The minimum absolute atomic E-state index is 0.0495. The van der Waals surface area contributed by atoms with Crippen molar-refractivity contribution >= 4 is 26.7 Å². The Morgan fingerprint density at radius 3 is 2.60 bits per heavy atom. The molecule has 0 radical (unpaired) electrons. The van der Waals surface area contributed by atoms with Gasteiger partial charge in [0, 0.05) is 15.4 Å². The van der Waals surface area contributed by atoms with E-state index in [0.29, 0.717) is 5.92 Å². The lowest BCUT2D eigenvalue weighted by atomic mass is 9.71. The van der Waals surface area contributed by atoms with E-state index in [2.05, 4.69) is 36.7 Å². The molecule has 0 saturated heterocycles. The van der Waals surface area contributed by atoms with Gasteiger partial charge in [-0.1, -0.05) is 42.8 Å². The molecule has 0 heterocycles. The van der Waals surface area contributed by atoms with Crippen LogP contribution in [-0.2, 0) is 10.8 Å². The lowest BCUT2D eigenvalue weighted by Gasteiger charge is -2.40. The Morgan fingerprint density at radius 2 is 2.00 bits per heavy atom. The van der Waals surface area contributed by atoms with Gasteiger partial charge in [0.25, 0.3) is 0 Å². The van der Waals surface area contributed by atoms with Crippen molar-refractivity contribution in [3.8, 4) is 0 Å². The van der Waals surface area contributed by atoms with E-state index in [4.69, 9.17) is 5.73 Å². The molecule has 20 heavy (non-hydrogen) atoms. The van der Waals surface area contributed by atoms with Crippen molar-refractivity contribution < 1.29 is 4.21 Å². The Bertz CT molecular complexity index is 497. The molecular weight excluding hydrogens is 334 g/mol. The van der Waals surface area contributed by atoms with Crippen LogP contribution in [0.3, 0.4) is 0 Å². The van der Waals surface area contributed by atoms with Gasteiger partial charge in [-0.3, -0.25) is 4.21 Å². The van der Waals surface area contributed by atoms with Crippen LogP contribution in [0.4, 0.5) is 0 Å². The zero-order valence-electron chi connectivity index (χ0n) is 12.4. The normalized spacial score (nSPS) is 29.1. The van der Waals surface area contributed by atoms with Gasteiger partial charge < -0.3 is 5.73 Å². The Labute approximate surface area is 133 Å². The Kier molecular flexibility index (Phi) is 5.09. The molecule has 2 nitrogen and oxygen atoms in total. The summed E-state index contributed by atoms with van der Waals surface area (Å²) < 4.78 is 13.8. The second-order valence-electron chi connectivity index (χ2n) is 6.83. The number of benzene rings is 1. The van der Waals surface area contributed by atoms with E-state index < -0.39 is 10.8 Å². The molecule has 1 aromatic carbocycles. The number of rotatable bonds is 2. The number of nitrogens with two attached hydrogens (primary N) is 1. The average Bonchev–Trinajstić information content (AvgIpc) is 2.37. The third-order valence-corrected chi connectivity index (χ3v) is 6.67. The van der Waals surface area contributed by atoms with Gasteiger partial charge in [-0.05, 0) is 48.8 Å². The molecule has 0 bridgehead atoms. The van der Waals surface area contributed by atoms with Crippen molar-refractivity contribution in [3.05, 3.63) is 28.7 Å². The van der Waals surface area contributed by atoms with E-state index in [1.807, 2.05) is 24.3 Å². The summed E-state index contributed by atoms with van der Waals surface area (Å²) in [5.41, 5.74) is 6.52. The maximum Gasteiger partial charge on any atom is 0.0577 e. The zero-order valence-corrected chi connectivity index (χ0v) is 14.8. The van der Waals surface area contributed by atoms with E-state index in [-0.39, 0.29) is 16.7 Å². The summed E-state index contributed by atoms with van der Waals surface area (Å²) in [7, 11) is -1.02. The Morgan fingerprint density at radius 1 is 1.30 bits per heavy atom. The van der Waals surface area contributed by atoms with Crippen molar-refractivity contribution in [1.29, 1.82) is 0 Å². The number of hydrogen-bond acceptors (Lipinski definition) is 2. The van der Waals surface area contributed by atoms with Gasteiger partial charge >= 0.3 is 0 Å². The summed E-state index contributed by atoms with van der Waals surface area (Å²) in [5, 5.41) is 0.0716. The SMILES string of the molecule is CC(C)(C)C1CCC(N)C(S(=O)c2cccc(Br)c2)C1. The van der Waals surface area contributed by atoms with Crippen LogP contribution in [0.2, 0.25) is 0 Å². The molecule has 4 unspecified atom stereocenters. The highest BCUT2D eigenvalue weighted by Crippen LogP contribution is 2.39. The molecular formula is C16H24BrNOS. The zero-order chi connectivity index (χ0) is 14.9. The summed E-state index contributed by atoms with van der Waals surface area (Å²) in [5.74, 6) is 0.600. The van der Waals surface area contributed by atoms with Gasteiger partial charge in [0.15, 0.2) is 0 Å². The fourth-order valence-electron chi connectivity index (χ4n) is 2.95. The molecule has 0 spiro atoms. The van der Waals surface area contributed by atoms with Crippen LogP contribution in [0.15, 0.2) is 33.6 Å². The molecule has 1 fully saturated rings. The Balaban J connectivity index is 2.19. The predicted molar refractivity (Wildman–Crippen MR) is 89.1 cm³/mol. The summed E-state index contributed by atoms with van der Waals surface area (Å²) in [6, 6.07) is 7.83. The van der Waals surface area contributed by atoms with E-state index >= 15 is 0 Å². The van der Waals surface area contributed by atoms with Crippen LogP contribution < -0.4 is 5.73 Å². The summed E-state index contributed by atoms with van der Waals surface area (Å²) in [4.78, 5) is 0.884. The largest absolute Gasteiger partial charge is 0.327 e. The van der Waals surface area contributed by atoms with E-state index in [1.165, 1.54) is 0 Å².